The van der Waals surface area contributed by atoms with Crippen LogP contribution in [0.2, 0.25) is 5.02 Å². The molecule has 0 aliphatic heterocycles. The number of nitro benzene ring substituents is 1. The monoisotopic (exact) mass is 521 g/mol. The van der Waals surface area contributed by atoms with Crippen molar-refractivity contribution in [3.63, 3.8) is 0 Å². The number of aromatic nitrogens is 3. The van der Waals surface area contributed by atoms with Gasteiger partial charge in [0.2, 0.25) is 0 Å². The number of hydrogen-bond donors (Lipinski definition) is 1. The number of amides is 1. The van der Waals surface area contributed by atoms with Gasteiger partial charge in [-0.25, -0.2) is 4.68 Å². The third kappa shape index (κ3) is 6.11. The van der Waals surface area contributed by atoms with Gasteiger partial charge in [0.05, 0.1) is 27.8 Å². The van der Waals surface area contributed by atoms with Crippen molar-refractivity contribution >= 4 is 28.9 Å². The van der Waals surface area contributed by atoms with Gasteiger partial charge in [0.1, 0.15) is 6.61 Å². The van der Waals surface area contributed by atoms with E-state index in [9.17, 15) is 14.9 Å². The first kappa shape index (κ1) is 25.8. The van der Waals surface area contributed by atoms with Gasteiger partial charge in [-0.15, -0.1) is 5.10 Å². The van der Waals surface area contributed by atoms with Crippen molar-refractivity contribution in [2.75, 3.05) is 25.1 Å². The van der Waals surface area contributed by atoms with Gasteiger partial charge in [0.15, 0.2) is 5.82 Å². The van der Waals surface area contributed by atoms with Crippen LogP contribution in [0.15, 0.2) is 66.7 Å². The van der Waals surface area contributed by atoms with Gasteiger partial charge in [0.25, 0.3) is 11.6 Å². The third-order valence-corrected chi connectivity index (χ3v) is 5.73. The Labute approximate surface area is 218 Å². The number of nitrogens with one attached hydrogen (secondary N) is 1. The number of anilines is 1. The maximum atomic E-state index is 12.7. The first-order valence-corrected chi connectivity index (χ1v) is 11.8. The summed E-state index contributed by atoms with van der Waals surface area (Å²) in [5.74, 6) is 0.123. The Morgan fingerprint density at radius 1 is 1.11 bits per heavy atom. The van der Waals surface area contributed by atoms with Gasteiger partial charge in [-0.05, 0) is 49.7 Å². The fourth-order valence-electron chi connectivity index (χ4n) is 3.55. The largest absolute Gasteiger partial charge is 0.460 e. The Morgan fingerprint density at radius 3 is 2.54 bits per heavy atom. The topological polar surface area (TPSA) is 121 Å². The van der Waals surface area contributed by atoms with Gasteiger partial charge in [-0.2, -0.15) is 4.98 Å². The van der Waals surface area contributed by atoms with Crippen LogP contribution >= 0.6 is 11.6 Å². The second-order valence-corrected chi connectivity index (χ2v) is 8.32. The van der Waals surface area contributed by atoms with E-state index in [4.69, 9.17) is 21.1 Å². The Morgan fingerprint density at radius 2 is 1.86 bits per heavy atom. The fraction of sp³-hybridized carbons (Fsp3) is 0.192. The molecule has 0 spiro atoms. The number of non-ortho nitro benzene ring substituents is 1. The van der Waals surface area contributed by atoms with Crippen molar-refractivity contribution in [3.05, 3.63) is 93.0 Å². The molecule has 11 heteroatoms. The average molecular weight is 522 g/mol. The second kappa shape index (κ2) is 11.6. The van der Waals surface area contributed by atoms with Crippen LogP contribution in [0.1, 0.15) is 22.8 Å². The van der Waals surface area contributed by atoms with E-state index in [1.165, 1.54) is 12.1 Å². The number of ether oxygens (including phenoxy) is 2. The van der Waals surface area contributed by atoms with Crippen molar-refractivity contribution in [2.24, 2.45) is 0 Å². The first-order chi connectivity index (χ1) is 17.9. The normalized spacial score (nSPS) is 10.8. The van der Waals surface area contributed by atoms with Crippen molar-refractivity contribution in [2.45, 2.75) is 13.8 Å². The molecule has 4 rings (SSSR count). The second-order valence-electron chi connectivity index (χ2n) is 7.91. The van der Waals surface area contributed by atoms with Crippen LogP contribution in [0, 0.1) is 17.0 Å². The molecule has 1 amide bonds. The SMILES string of the molecule is CCOCCOc1nc(-c2ccccc2C)n(-c2ccc(NC(=O)c3ccc([N+](=O)[O-])cc3Cl)cc2)n1. The Kier molecular flexibility index (Phi) is 8.11. The zero-order chi connectivity index (χ0) is 26.4. The van der Waals surface area contributed by atoms with Gasteiger partial charge in [0, 0.05) is 30.0 Å². The Balaban J connectivity index is 1.57. The minimum atomic E-state index is -0.572. The lowest BCUT2D eigenvalue weighted by Crippen LogP contribution is -2.12. The number of hydrogen-bond acceptors (Lipinski definition) is 7. The molecule has 1 N–H and O–H groups in total. The molecule has 4 aromatic rings. The smallest absolute Gasteiger partial charge is 0.336 e. The van der Waals surface area contributed by atoms with Crippen LogP contribution in [0.4, 0.5) is 11.4 Å². The molecule has 0 bridgehead atoms. The van der Waals surface area contributed by atoms with Crippen LogP contribution in [-0.4, -0.2) is 45.4 Å². The molecule has 0 atom stereocenters. The molecule has 3 aromatic carbocycles. The van der Waals surface area contributed by atoms with Crippen LogP contribution in [-0.2, 0) is 4.74 Å². The molecule has 0 radical (unpaired) electrons. The number of nitrogens with zero attached hydrogens (tertiary/aromatic N) is 4. The number of halogens is 1. The van der Waals surface area contributed by atoms with Crippen LogP contribution < -0.4 is 10.1 Å². The summed E-state index contributed by atoms with van der Waals surface area (Å²) in [6.07, 6.45) is 0. The van der Waals surface area contributed by atoms with Crippen molar-refractivity contribution in [3.8, 4) is 23.1 Å². The van der Waals surface area contributed by atoms with Gasteiger partial charge >= 0.3 is 6.01 Å². The molecule has 0 aliphatic carbocycles. The molecule has 37 heavy (non-hydrogen) atoms. The molecule has 10 nitrogen and oxygen atoms in total. The maximum absolute atomic E-state index is 12.7. The zero-order valence-electron chi connectivity index (χ0n) is 20.2. The predicted octanol–water partition coefficient (Wildman–Crippen LogP) is 5.47. The van der Waals surface area contributed by atoms with Crippen LogP contribution in [0.5, 0.6) is 6.01 Å². The highest BCUT2D eigenvalue weighted by Gasteiger charge is 2.18. The quantitative estimate of drug-likeness (QED) is 0.167. The molecule has 0 unspecified atom stereocenters. The summed E-state index contributed by atoms with van der Waals surface area (Å²) in [7, 11) is 0. The predicted molar refractivity (Wildman–Crippen MR) is 140 cm³/mol. The maximum Gasteiger partial charge on any atom is 0.336 e. The molecule has 0 saturated carbocycles. The number of carbonyl (C=O) groups is 1. The lowest BCUT2D eigenvalue weighted by molar-refractivity contribution is -0.384. The Bertz CT molecular complexity index is 1420. The number of nitro groups is 1. The Hall–Kier alpha value is -4.28. The van der Waals surface area contributed by atoms with Gasteiger partial charge in [-0.1, -0.05) is 35.9 Å². The zero-order valence-corrected chi connectivity index (χ0v) is 20.9. The number of benzene rings is 3. The third-order valence-electron chi connectivity index (χ3n) is 5.41. The van der Waals surface area contributed by atoms with Crippen LogP contribution in [0.25, 0.3) is 17.1 Å². The summed E-state index contributed by atoms with van der Waals surface area (Å²) >= 11 is 6.08. The lowest BCUT2D eigenvalue weighted by Gasteiger charge is -2.10. The molecule has 190 valence electrons. The fourth-order valence-corrected chi connectivity index (χ4v) is 3.82. The number of carbonyl (C=O) groups excluding carboxylic acids is 1. The van der Waals surface area contributed by atoms with E-state index in [0.717, 1.165) is 17.2 Å². The van der Waals surface area contributed by atoms with Crippen molar-refractivity contribution in [1.29, 1.82) is 0 Å². The summed E-state index contributed by atoms with van der Waals surface area (Å²) in [5.41, 5.74) is 3.08. The van der Waals surface area contributed by atoms with Crippen molar-refractivity contribution in [1.82, 2.24) is 14.8 Å². The van der Waals surface area contributed by atoms with E-state index in [1.807, 2.05) is 38.1 Å². The highest BCUT2D eigenvalue weighted by atomic mass is 35.5. The summed E-state index contributed by atoms with van der Waals surface area (Å²) in [4.78, 5) is 27.6. The van der Waals surface area contributed by atoms with E-state index >= 15 is 0 Å². The minimum absolute atomic E-state index is 0.00863. The molecular formula is C26H24ClN5O5. The summed E-state index contributed by atoms with van der Waals surface area (Å²) in [6.45, 7) is 5.25. The summed E-state index contributed by atoms with van der Waals surface area (Å²) < 4.78 is 12.7. The van der Waals surface area contributed by atoms with Gasteiger partial charge in [-0.3, -0.25) is 14.9 Å². The van der Waals surface area contributed by atoms with E-state index < -0.39 is 10.8 Å². The van der Waals surface area contributed by atoms with E-state index in [1.54, 1.807) is 28.9 Å². The average Bonchev–Trinajstić information content (AvgIpc) is 3.31. The molecule has 1 heterocycles. The first-order valence-electron chi connectivity index (χ1n) is 11.5. The van der Waals surface area contributed by atoms with Crippen LogP contribution in [0.3, 0.4) is 0 Å². The van der Waals surface area contributed by atoms with E-state index in [-0.39, 0.29) is 22.3 Å². The van der Waals surface area contributed by atoms with Crippen molar-refractivity contribution < 1.29 is 19.2 Å². The molecule has 1 aromatic heterocycles. The number of aryl methyl sites for hydroxylation is 1. The molecule has 0 saturated heterocycles. The molecular weight excluding hydrogens is 498 g/mol. The summed E-state index contributed by atoms with van der Waals surface area (Å²) in [5, 5.41) is 18.2. The van der Waals surface area contributed by atoms with Gasteiger partial charge < -0.3 is 14.8 Å². The van der Waals surface area contributed by atoms with E-state index in [2.05, 4.69) is 15.4 Å². The highest BCUT2D eigenvalue weighted by molar-refractivity contribution is 6.34. The number of rotatable bonds is 10. The lowest BCUT2D eigenvalue weighted by atomic mass is 10.1. The standard InChI is InChI=1S/C26H24ClN5O5/c1-3-36-14-15-37-26-29-24(21-7-5-4-6-17(21)2)31(30-26)19-10-8-18(9-11-19)28-25(33)22-13-12-20(32(34)35)16-23(22)27/h4-13,16H,3,14-15H2,1-2H3,(H,28,33). The molecule has 0 aliphatic rings. The highest BCUT2D eigenvalue weighted by Crippen LogP contribution is 2.27. The van der Waals surface area contributed by atoms with E-state index in [0.29, 0.717) is 37.0 Å². The molecule has 0 fully saturated rings. The minimum Gasteiger partial charge on any atom is -0.460 e. The summed E-state index contributed by atoms with van der Waals surface area (Å²) in [6, 6.07) is 18.8.